The molecule has 0 fully saturated rings. The number of pyridine rings is 1. The van der Waals surface area contributed by atoms with E-state index >= 15 is 0 Å². The Hall–Kier alpha value is -2.27. The maximum absolute atomic E-state index is 6.13. The van der Waals surface area contributed by atoms with Gasteiger partial charge in [-0.3, -0.25) is 4.99 Å². The van der Waals surface area contributed by atoms with Crippen molar-refractivity contribution in [2.24, 2.45) is 4.99 Å². The van der Waals surface area contributed by atoms with Crippen LogP contribution in [0, 0.1) is 0 Å². The van der Waals surface area contributed by atoms with Crippen molar-refractivity contribution in [1.29, 1.82) is 0 Å². The molecule has 22 heavy (non-hydrogen) atoms. The number of hydrogen-bond donors (Lipinski definition) is 2. The second-order valence-corrected chi connectivity index (χ2v) is 4.99. The van der Waals surface area contributed by atoms with Crippen LogP contribution in [0.15, 0.2) is 47.6 Å². The van der Waals surface area contributed by atoms with E-state index in [1.54, 1.807) is 20.4 Å². The third kappa shape index (κ3) is 4.63. The first kappa shape index (κ1) is 16.1. The summed E-state index contributed by atoms with van der Waals surface area (Å²) in [5.41, 5.74) is 2.07. The average molecular weight is 319 g/mol. The normalized spacial score (nSPS) is 11.1. The predicted molar refractivity (Wildman–Crippen MR) is 89.3 cm³/mol. The Morgan fingerprint density at radius 3 is 2.59 bits per heavy atom. The lowest BCUT2D eigenvalue weighted by atomic mass is 10.2. The molecule has 6 heteroatoms. The monoisotopic (exact) mass is 318 g/mol. The third-order valence-electron chi connectivity index (χ3n) is 3.09. The Bertz CT molecular complexity index is 628. The average Bonchev–Trinajstić information content (AvgIpc) is 2.57. The minimum atomic E-state index is 0.602. The summed E-state index contributed by atoms with van der Waals surface area (Å²) in [6.45, 7) is 1.24. The zero-order chi connectivity index (χ0) is 15.8. The van der Waals surface area contributed by atoms with E-state index in [1.165, 1.54) is 0 Å². The Labute approximate surface area is 135 Å². The number of ether oxygens (including phenoxy) is 1. The van der Waals surface area contributed by atoms with E-state index in [0.717, 1.165) is 16.1 Å². The topological polar surface area (TPSA) is 58.5 Å². The highest BCUT2D eigenvalue weighted by Gasteiger charge is 2.02. The van der Waals surface area contributed by atoms with E-state index in [0.29, 0.717) is 24.9 Å². The summed E-state index contributed by atoms with van der Waals surface area (Å²) in [4.78, 5) is 8.35. The lowest BCUT2D eigenvalue weighted by Gasteiger charge is -2.12. The van der Waals surface area contributed by atoms with Gasteiger partial charge in [0.2, 0.25) is 5.88 Å². The molecule has 1 aromatic carbocycles. The molecular formula is C16H19ClN4O. The molecule has 1 heterocycles. The van der Waals surface area contributed by atoms with Crippen LogP contribution in [-0.2, 0) is 13.1 Å². The zero-order valence-corrected chi connectivity index (χ0v) is 13.4. The number of methoxy groups -OCH3 is 1. The Morgan fingerprint density at radius 2 is 1.95 bits per heavy atom. The number of rotatable bonds is 5. The molecule has 0 atom stereocenters. The molecule has 0 bridgehead atoms. The summed E-state index contributed by atoms with van der Waals surface area (Å²) >= 11 is 6.13. The van der Waals surface area contributed by atoms with Gasteiger partial charge in [-0.1, -0.05) is 35.9 Å². The number of aliphatic imine (C=N–C) groups is 1. The molecule has 116 valence electrons. The Kier molecular flexibility index (Phi) is 6.03. The van der Waals surface area contributed by atoms with Crippen LogP contribution in [0.25, 0.3) is 0 Å². The van der Waals surface area contributed by atoms with Gasteiger partial charge >= 0.3 is 0 Å². The number of hydrogen-bond acceptors (Lipinski definition) is 3. The molecule has 0 radical (unpaired) electrons. The van der Waals surface area contributed by atoms with Gasteiger partial charge in [-0.05, 0) is 17.2 Å². The number of nitrogens with one attached hydrogen (secondary N) is 2. The van der Waals surface area contributed by atoms with Crippen molar-refractivity contribution in [3.8, 4) is 5.88 Å². The molecule has 1 aromatic heterocycles. The number of nitrogens with zero attached hydrogens (tertiary/aromatic N) is 2. The molecule has 0 saturated carbocycles. The van der Waals surface area contributed by atoms with Crippen LogP contribution < -0.4 is 15.4 Å². The number of aromatic nitrogens is 1. The molecule has 5 nitrogen and oxygen atoms in total. The van der Waals surface area contributed by atoms with E-state index in [1.807, 2.05) is 36.4 Å². The highest BCUT2D eigenvalue weighted by atomic mass is 35.5. The largest absolute Gasteiger partial charge is 0.481 e. The van der Waals surface area contributed by atoms with Crippen molar-refractivity contribution >= 4 is 17.6 Å². The summed E-state index contributed by atoms with van der Waals surface area (Å²) < 4.78 is 5.03. The van der Waals surface area contributed by atoms with Crippen LogP contribution in [0.1, 0.15) is 11.1 Å². The van der Waals surface area contributed by atoms with Crippen molar-refractivity contribution in [2.75, 3.05) is 14.2 Å². The molecule has 0 saturated heterocycles. The summed E-state index contributed by atoms with van der Waals surface area (Å²) in [5, 5.41) is 7.20. The van der Waals surface area contributed by atoms with Crippen molar-refractivity contribution in [2.45, 2.75) is 13.1 Å². The van der Waals surface area contributed by atoms with E-state index in [-0.39, 0.29) is 0 Å². The lowest BCUT2D eigenvalue weighted by Crippen LogP contribution is -2.36. The number of halogens is 1. The molecule has 2 aromatic rings. The molecule has 0 aliphatic rings. The van der Waals surface area contributed by atoms with Crippen LogP contribution >= 0.6 is 11.6 Å². The minimum Gasteiger partial charge on any atom is -0.481 e. The van der Waals surface area contributed by atoms with E-state index in [2.05, 4.69) is 20.6 Å². The minimum absolute atomic E-state index is 0.602. The molecule has 0 spiro atoms. The quantitative estimate of drug-likeness (QED) is 0.657. The van der Waals surface area contributed by atoms with E-state index in [9.17, 15) is 0 Å². The van der Waals surface area contributed by atoms with Crippen molar-refractivity contribution in [3.63, 3.8) is 0 Å². The van der Waals surface area contributed by atoms with Gasteiger partial charge in [-0.15, -0.1) is 0 Å². The fourth-order valence-electron chi connectivity index (χ4n) is 1.86. The first-order chi connectivity index (χ1) is 10.7. The standard InChI is InChI=1S/C16H19ClN4O/c1-18-16(21-11-13-5-3-4-6-14(13)17)20-10-12-7-8-15(22-2)19-9-12/h3-9H,10-11H2,1-2H3,(H2,18,20,21). The Morgan fingerprint density at radius 1 is 1.18 bits per heavy atom. The first-order valence-electron chi connectivity index (χ1n) is 6.89. The smallest absolute Gasteiger partial charge is 0.212 e. The van der Waals surface area contributed by atoms with Crippen LogP contribution in [0.2, 0.25) is 5.02 Å². The molecule has 0 unspecified atom stereocenters. The van der Waals surface area contributed by atoms with Crippen LogP contribution in [0.3, 0.4) is 0 Å². The number of benzene rings is 1. The fourth-order valence-corrected chi connectivity index (χ4v) is 2.07. The molecule has 0 aliphatic carbocycles. The van der Waals surface area contributed by atoms with Gasteiger partial charge < -0.3 is 15.4 Å². The van der Waals surface area contributed by atoms with Crippen LogP contribution in [0.4, 0.5) is 0 Å². The molecular weight excluding hydrogens is 300 g/mol. The summed E-state index contributed by atoms with van der Waals surface area (Å²) in [5.74, 6) is 1.31. The maximum Gasteiger partial charge on any atom is 0.212 e. The van der Waals surface area contributed by atoms with Gasteiger partial charge in [0.15, 0.2) is 5.96 Å². The lowest BCUT2D eigenvalue weighted by molar-refractivity contribution is 0.397. The predicted octanol–water partition coefficient (Wildman–Crippen LogP) is 2.61. The van der Waals surface area contributed by atoms with Gasteiger partial charge in [-0.2, -0.15) is 0 Å². The summed E-state index contributed by atoms with van der Waals surface area (Å²) in [6, 6.07) is 11.5. The number of guanidine groups is 1. The van der Waals surface area contributed by atoms with Crippen molar-refractivity contribution in [3.05, 3.63) is 58.7 Å². The highest BCUT2D eigenvalue weighted by molar-refractivity contribution is 6.31. The third-order valence-corrected chi connectivity index (χ3v) is 3.46. The van der Waals surface area contributed by atoms with Crippen LogP contribution in [0.5, 0.6) is 5.88 Å². The highest BCUT2D eigenvalue weighted by Crippen LogP contribution is 2.14. The SMILES string of the molecule is CN=C(NCc1ccc(OC)nc1)NCc1ccccc1Cl. The molecule has 2 rings (SSSR count). The maximum atomic E-state index is 6.13. The van der Waals surface area contributed by atoms with Gasteiger partial charge in [-0.25, -0.2) is 4.98 Å². The van der Waals surface area contributed by atoms with Crippen molar-refractivity contribution in [1.82, 2.24) is 15.6 Å². The van der Waals surface area contributed by atoms with Crippen molar-refractivity contribution < 1.29 is 4.74 Å². The van der Waals surface area contributed by atoms with Gasteiger partial charge in [0, 0.05) is 37.4 Å². The van der Waals surface area contributed by atoms with E-state index in [4.69, 9.17) is 16.3 Å². The summed E-state index contributed by atoms with van der Waals surface area (Å²) in [6.07, 6.45) is 1.77. The first-order valence-corrected chi connectivity index (χ1v) is 7.27. The Balaban J connectivity index is 1.86. The fraction of sp³-hybridized carbons (Fsp3) is 0.250. The second kappa shape index (κ2) is 8.24. The second-order valence-electron chi connectivity index (χ2n) is 4.58. The summed E-state index contributed by atoms with van der Waals surface area (Å²) in [7, 11) is 3.33. The molecule has 2 N–H and O–H groups in total. The van der Waals surface area contributed by atoms with Gasteiger partial charge in [0.05, 0.1) is 7.11 Å². The molecule has 0 amide bonds. The molecule has 0 aliphatic heterocycles. The van der Waals surface area contributed by atoms with Gasteiger partial charge in [0.25, 0.3) is 0 Å². The van der Waals surface area contributed by atoms with Crippen LogP contribution in [-0.4, -0.2) is 25.1 Å². The van der Waals surface area contributed by atoms with E-state index < -0.39 is 0 Å². The zero-order valence-electron chi connectivity index (χ0n) is 12.6. The van der Waals surface area contributed by atoms with Gasteiger partial charge in [0.1, 0.15) is 0 Å².